The van der Waals surface area contributed by atoms with Gasteiger partial charge in [-0.2, -0.15) is 13.2 Å². The maximum Gasteiger partial charge on any atom is 0.416 e. The lowest BCUT2D eigenvalue weighted by Gasteiger charge is -2.38. The number of nitrogens with zero attached hydrogens (tertiary/aromatic N) is 2. The summed E-state index contributed by atoms with van der Waals surface area (Å²) in [5.41, 5.74) is -2.65. The Kier molecular flexibility index (Phi) is 6.94. The van der Waals surface area contributed by atoms with Gasteiger partial charge in [0.15, 0.2) is 5.78 Å². The number of alkyl halides is 3. The summed E-state index contributed by atoms with van der Waals surface area (Å²) in [6, 6.07) is 7.52. The van der Waals surface area contributed by atoms with Crippen LogP contribution in [0.5, 0.6) is 0 Å². The van der Waals surface area contributed by atoms with Crippen LogP contribution in [-0.2, 0) is 11.8 Å². The first-order valence-corrected chi connectivity index (χ1v) is 10.1. The number of benzene rings is 2. The highest BCUT2D eigenvalue weighted by molar-refractivity contribution is 5.99. The van der Waals surface area contributed by atoms with Gasteiger partial charge in [0.25, 0.3) is 5.69 Å². The van der Waals surface area contributed by atoms with Crippen molar-refractivity contribution in [2.24, 2.45) is 0 Å². The van der Waals surface area contributed by atoms with Crippen LogP contribution in [0.4, 0.5) is 23.2 Å². The molecule has 10 heteroatoms. The molecule has 0 spiro atoms. The highest BCUT2D eigenvalue weighted by atomic mass is 19.4. The van der Waals surface area contributed by atoms with E-state index in [1.165, 1.54) is 12.1 Å². The molecular formula is C22H22F4N2O4. The Morgan fingerprint density at radius 1 is 1.16 bits per heavy atom. The molecule has 0 unspecified atom stereocenters. The number of carbonyl (C=O) groups is 1. The minimum Gasteiger partial charge on any atom is -0.385 e. The number of aliphatic hydroxyl groups is 1. The maximum absolute atomic E-state index is 13.2. The predicted molar refractivity (Wildman–Crippen MR) is 108 cm³/mol. The second-order valence-corrected chi connectivity index (χ2v) is 7.90. The minimum atomic E-state index is -4.49. The van der Waals surface area contributed by atoms with Crippen molar-refractivity contribution in [3.05, 3.63) is 75.1 Å². The predicted octanol–water partition coefficient (Wildman–Crippen LogP) is 4.70. The molecule has 1 aliphatic heterocycles. The maximum atomic E-state index is 13.2. The topological polar surface area (TPSA) is 83.7 Å². The van der Waals surface area contributed by atoms with E-state index in [2.05, 4.69) is 0 Å². The minimum absolute atomic E-state index is 0.0286. The molecule has 0 amide bonds. The quantitative estimate of drug-likeness (QED) is 0.284. The first-order valence-electron chi connectivity index (χ1n) is 10.1. The van der Waals surface area contributed by atoms with Crippen LogP contribution in [0.3, 0.4) is 0 Å². The second kappa shape index (κ2) is 9.33. The van der Waals surface area contributed by atoms with E-state index in [9.17, 15) is 37.6 Å². The highest BCUT2D eigenvalue weighted by Crippen LogP contribution is 2.36. The molecule has 32 heavy (non-hydrogen) atoms. The Morgan fingerprint density at radius 2 is 1.84 bits per heavy atom. The lowest BCUT2D eigenvalue weighted by Crippen LogP contribution is -2.43. The molecule has 1 aliphatic rings. The number of nitro benzene ring substituents is 1. The third-order valence-corrected chi connectivity index (χ3v) is 5.75. The third kappa shape index (κ3) is 5.49. The fourth-order valence-corrected chi connectivity index (χ4v) is 3.91. The molecule has 2 aromatic carbocycles. The van der Waals surface area contributed by atoms with E-state index in [0.717, 1.165) is 24.3 Å². The van der Waals surface area contributed by atoms with Crippen molar-refractivity contribution in [1.82, 2.24) is 4.90 Å². The molecule has 1 fully saturated rings. The summed E-state index contributed by atoms with van der Waals surface area (Å²) in [4.78, 5) is 24.6. The van der Waals surface area contributed by atoms with E-state index in [1.54, 1.807) is 0 Å². The van der Waals surface area contributed by atoms with Crippen LogP contribution in [0.15, 0.2) is 42.5 Å². The van der Waals surface area contributed by atoms with E-state index in [-0.39, 0.29) is 30.4 Å². The van der Waals surface area contributed by atoms with Crippen molar-refractivity contribution in [3.63, 3.8) is 0 Å². The summed E-state index contributed by atoms with van der Waals surface area (Å²) >= 11 is 0. The molecule has 0 saturated carbocycles. The number of likely N-dealkylation sites (tertiary alicyclic amines) is 1. The average molecular weight is 454 g/mol. The molecule has 0 aliphatic carbocycles. The number of hydrogen-bond donors (Lipinski definition) is 1. The van der Waals surface area contributed by atoms with Gasteiger partial charge in [-0.3, -0.25) is 14.9 Å². The number of halogens is 4. The number of ketones is 1. The number of piperidine rings is 1. The summed E-state index contributed by atoms with van der Waals surface area (Å²) in [5, 5.41) is 21.9. The molecule has 1 N–H and O–H groups in total. The average Bonchev–Trinajstić information content (AvgIpc) is 2.74. The van der Waals surface area contributed by atoms with Gasteiger partial charge < -0.3 is 10.0 Å². The number of carbonyl (C=O) groups excluding carboxylic acids is 1. The summed E-state index contributed by atoms with van der Waals surface area (Å²) in [6.45, 7) is 1.34. The molecule has 1 saturated heterocycles. The zero-order valence-corrected chi connectivity index (χ0v) is 17.1. The Hall–Kier alpha value is -2.85. The molecule has 0 radical (unpaired) electrons. The largest absolute Gasteiger partial charge is 0.416 e. The third-order valence-electron chi connectivity index (χ3n) is 5.75. The zero-order chi connectivity index (χ0) is 23.5. The van der Waals surface area contributed by atoms with Crippen LogP contribution in [-0.4, -0.2) is 40.3 Å². The van der Waals surface area contributed by atoms with Crippen LogP contribution in [0.2, 0.25) is 0 Å². The number of nitro groups is 1. The van der Waals surface area contributed by atoms with Gasteiger partial charge in [0.1, 0.15) is 5.82 Å². The fraction of sp³-hybridized carbons (Fsp3) is 0.409. The zero-order valence-electron chi connectivity index (χ0n) is 17.1. The monoisotopic (exact) mass is 454 g/mol. The van der Waals surface area contributed by atoms with Crippen molar-refractivity contribution < 1.29 is 32.4 Å². The Bertz CT molecular complexity index is 1000. The van der Waals surface area contributed by atoms with Gasteiger partial charge in [0.2, 0.25) is 0 Å². The summed E-state index contributed by atoms with van der Waals surface area (Å²) in [7, 11) is 0. The SMILES string of the molecule is O=C(CCCN1CCC(O)(c2cccc(C(F)(F)F)c2)CC1)c1ccc(F)cc1[N+](=O)[O-]. The normalized spacial score (nSPS) is 16.7. The van der Waals surface area contributed by atoms with Gasteiger partial charge in [-0.15, -0.1) is 0 Å². The molecule has 1 heterocycles. The van der Waals surface area contributed by atoms with Crippen LogP contribution < -0.4 is 0 Å². The number of rotatable bonds is 7. The molecule has 172 valence electrons. The molecule has 0 atom stereocenters. The van der Waals surface area contributed by atoms with Crippen LogP contribution >= 0.6 is 0 Å². The van der Waals surface area contributed by atoms with Crippen LogP contribution in [0, 0.1) is 15.9 Å². The van der Waals surface area contributed by atoms with Gasteiger partial charge in [-0.25, -0.2) is 4.39 Å². The second-order valence-electron chi connectivity index (χ2n) is 7.90. The highest BCUT2D eigenvalue weighted by Gasteiger charge is 2.37. The number of hydrogen-bond acceptors (Lipinski definition) is 5. The summed E-state index contributed by atoms with van der Waals surface area (Å²) in [6.07, 6.45) is -3.58. The lowest BCUT2D eigenvalue weighted by molar-refractivity contribution is -0.385. The van der Waals surface area contributed by atoms with Crippen molar-refractivity contribution in [3.8, 4) is 0 Å². The molecule has 0 aromatic heterocycles. The van der Waals surface area contributed by atoms with Crippen LogP contribution in [0.25, 0.3) is 0 Å². The van der Waals surface area contributed by atoms with Gasteiger partial charge >= 0.3 is 6.18 Å². The molecule has 0 bridgehead atoms. The van der Waals surface area contributed by atoms with E-state index in [0.29, 0.717) is 32.1 Å². The number of Topliss-reactive ketones (excluding diaryl/α,β-unsaturated/α-hetero) is 1. The Balaban J connectivity index is 1.54. The fourth-order valence-electron chi connectivity index (χ4n) is 3.91. The first kappa shape index (κ1) is 23.8. The van der Waals surface area contributed by atoms with E-state index in [4.69, 9.17) is 0 Å². The lowest BCUT2D eigenvalue weighted by atomic mass is 9.83. The standard InChI is InChI=1S/C22H22F4N2O4/c23-17-6-7-18(19(14-17)28(31)32)20(29)5-2-10-27-11-8-21(30,9-12-27)15-3-1-4-16(13-15)22(24,25)26/h1,3-4,6-7,13-14,30H,2,5,8-12H2. The van der Waals surface area contributed by atoms with E-state index < -0.39 is 39.6 Å². The summed E-state index contributed by atoms with van der Waals surface area (Å²) < 4.78 is 52.1. The van der Waals surface area contributed by atoms with Crippen molar-refractivity contribution >= 4 is 11.5 Å². The van der Waals surface area contributed by atoms with Crippen LogP contribution in [0.1, 0.15) is 47.2 Å². The van der Waals surface area contributed by atoms with Crippen molar-refractivity contribution in [1.29, 1.82) is 0 Å². The van der Waals surface area contributed by atoms with Gasteiger partial charge in [-0.05, 0) is 55.6 Å². The van der Waals surface area contributed by atoms with Gasteiger partial charge in [0, 0.05) is 19.5 Å². The molecular weight excluding hydrogens is 432 g/mol. The summed E-state index contributed by atoms with van der Waals surface area (Å²) in [5.74, 6) is -1.26. The smallest absolute Gasteiger partial charge is 0.385 e. The van der Waals surface area contributed by atoms with Crippen molar-refractivity contribution in [2.45, 2.75) is 37.5 Å². The first-order chi connectivity index (χ1) is 15.0. The molecule has 3 rings (SSSR count). The van der Waals surface area contributed by atoms with E-state index in [1.807, 2.05) is 4.90 Å². The van der Waals surface area contributed by atoms with Gasteiger partial charge in [-0.1, -0.05) is 12.1 Å². The molecule has 2 aromatic rings. The van der Waals surface area contributed by atoms with Crippen molar-refractivity contribution in [2.75, 3.05) is 19.6 Å². The molecule has 6 nitrogen and oxygen atoms in total. The Labute approximate surface area is 181 Å². The van der Waals surface area contributed by atoms with E-state index >= 15 is 0 Å². The Morgan fingerprint density at radius 3 is 2.47 bits per heavy atom. The van der Waals surface area contributed by atoms with Gasteiger partial charge in [0.05, 0.1) is 27.7 Å².